The number of halogens is 2. The van der Waals surface area contributed by atoms with Crippen LogP contribution in [-0.4, -0.2) is 78.5 Å². The molecule has 0 aliphatic heterocycles. The van der Waals surface area contributed by atoms with Crippen LogP contribution in [0.15, 0.2) is 36.4 Å². The standard InChI is InChI=1S/C20H23B2F2N3O7/c1-11(9-25-19(29)14-6-4-13(22(32)33)8-17(14)24)27(10-18(28)26-34-2)20(30)15-5-3-12(21-31)7-16(15)23/h3-8,11,21,31-33H,9-10H2,1-2H3,(H,25,29)(H,26,28). The predicted molar refractivity (Wildman–Crippen MR) is 120 cm³/mol. The Morgan fingerprint density at radius 3 is 2.32 bits per heavy atom. The van der Waals surface area contributed by atoms with Gasteiger partial charge in [0.05, 0.1) is 18.2 Å². The summed E-state index contributed by atoms with van der Waals surface area (Å²) in [5.41, 5.74) is 1.42. The second-order valence-corrected chi connectivity index (χ2v) is 7.31. The van der Waals surface area contributed by atoms with Crippen molar-refractivity contribution in [3.8, 4) is 0 Å². The van der Waals surface area contributed by atoms with E-state index in [0.717, 1.165) is 29.2 Å². The van der Waals surface area contributed by atoms with Crippen molar-refractivity contribution < 1.29 is 43.1 Å². The molecule has 0 spiro atoms. The normalized spacial score (nSPS) is 11.4. The van der Waals surface area contributed by atoms with E-state index in [1.807, 2.05) is 5.48 Å². The number of hydroxylamine groups is 1. The summed E-state index contributed by atoms with van der Waals surface area (Å²) in [5, 5.41) is 29.7. The summed E-state index contributed by atoms with van der Waals surface area (Å²) in [6.45, 7) is 0.715. The number of amides is 3. The molecule has 0 heterocycles. The second kappa shape index (κ2) is 12.2. The molecule has 0 saturated carbocycles. The van der Waals surface area contributed by atoms with E-state index in [0.29, 0.717) is 0 Å². The van der Waals surface area contributed by atoms with E-state index in [4.69, 9.17) is 15.1 Å². The number of nitrogens with one attached hydrogen (secondary N) is 2. The van der Waals surface area contributed by atoms with Gasteiger partial charge in [-0.3, -0.25) is 19.2 Å². The number of carbonyl (C=O) groups is 3. The molecule has 10 nitrogen and oxygen atoms in total. The van der Waals surface area contributed by atoms with Crippen molar-refractivity contribution in [1.82, 2.24) is 15.7 Å². The van der Waals surface area contributed by atoms with Crippen molar-refractivity contribution in [3.63, 3.8) is 0 Å². The van der Waals surface area contributed by atoms with E-state index >= 15 is 0 Å². The van der Waals surface area contributed by atoms with Gasteiger partial charge in [0.25, 0.3) is 17.7 Å². The summed E-state index contributed by atoms with van der Waals surface area (Å²) in [5.74, 6) is -4.32. The molecule has 14 heteroatoms. The zero-order chi connectivity index (χ0) is 25.4. The molecule has 0 bridgehead atoms. The SMILES string of the molecule is CONC(=O)CN(C(=O)c1ccc(BO)cc1F)C(C)CNC(=O)c1ccc(B(O)O)cc1F. The minimum Gasteiger partial charge on any atom is -0.449 e. The highest BCUT2D eigenvalue weighted by atomic mass is 19.1. The van der Waals surface area contributed by atoms with Gasteiger partial charge in [0.1, 0.15) is 18.2 Å². The minimum absolute atomic E-state index is 0.141. The molecule has 0 aliphatic carbocycles. The van der Waals surface area contributed by atoms with Gasteiger partial charge in [-0.1, -0.05) is 17.6 Å². The van der Waals surface area contributed by atoms with Crippen LogP contribution >= 0.6 is 0 Å². The van der Waals surface area contributed by atoms with Crippen LogP contribution < -0.4 is 21.7 Å². The third-order valence-electron chi connectivity index (χ3n) is 4.86. The average Bonchev–Trinajstić information content (AvgIpc) is 2.80. The van der Waals surface area contributed by atoms with E-state index in [-0.39, 0.29) is 28.6 Å². The van der Waals surface area contributed by atoms with Crippen LogP contribution in [0.4, 0.5) is 8.78 Å². The highest BCUT2D eigenvalue weighted by Crippen LogP contribution is 2.12. The highest BCUT2D eigenvalue weighted by Gasteiger charge is 2.27. The van der Waals surface area contributed by atoms with E-state index < -0.39 is 56.5 Å². The molecule has 0 aliphatic rings. The molecule has 5 N–H and O–H groups in total. The highest BCUT2D eigenvalue weighted by molar-refractivity contribution is 6.58. The molecular formula is C20H23B2F2N3O7. The maximum absolute atomic E-state index is 14.4. The van der Waals surface area contributed by atoms with E-state index in [9.17, 15) is 23.2 Å². The average molecular weight is 477 g/mol. The monoisotopic (exact) mass is 477 g/mol. The van der Waals surface area contributed by atoms with Gasteiger partial charge in [0.2, 0.25) is 0 Å². The summed E-state index contributed by atoms with van der Waals surface area (Å²) in [6.07, 6.45) is 0. The number of hydrogen-bond acceptors (Lipinski definition) is 7. The van der Waals surface area contributed by atoms with Gasteiger partial charge in [-0.15, -0.1) is 0 Å². The Hall–Kier alpha value is -3.32. The maximum atomic E-state index is 14.4. The lowest BCUT2D eigenvalue weighted by molar-refractivity contribution is -0.132. The number of hydrogen-bond donors (Lipinski definition) is 5. The van der Waals surface area contributed by atoms with Crippen LogP contribution in [0.5, 0.6) is 0 Å². The maximum Gasteiger partial charge on any atom is 0.488 e. The lowest BCUT2D eigenvalue weighted by Crippen LogP contribution is -2.49. The smallest absolute Gasteiger partial charge is 0.449 e. The first-order chi connectivity index (χ1) is 16.1. The Balaban J connectivity index is 2.20. The fourth-order valence-electron chi connectivity index (χ4n) is 3.04. The molecule has 0 saturated heterocycles. The summed E-state index contributed by atoms with van der Waals surface area (Å²) < 4.78 is 28.6. The molecule has 2 aromatic carbocycles. The van der Waals surface area contributed by atoms with Crippen molar-refractivity contribution in [1.29, 1.82) is 0 Å². The lowest BCUT2D eigenvalue weighted by Gasteiger charge is -2.29. The van der Waals surface area contributed by atoms with E-state index in [1.165, 1.54) is 26.2 Å². The molecule has 0 aromatic heterocycles. The van der Waals surface area contributed by atoms with E-state index in [2.05, 4.69) is 10.2 Å². The predicted octanol–water partition coefficient (Wildman–Crippen LogP) is -2.45. The lowest BCUT2D eigenvalue weighted by atomic mass is 9.80. The van der Waals surface area contributed by atoms with Gasteiger partial charge in [-0.05, 0) is 36.7 Å². The minimum atomic E-state index is -1.91. The van der Waals surface area contributed by atoms with Crippen molar-refractivity contribution in [2.24, 2.45) is 0 Å². The number of nitrogens with zero attached hydrogens (tertiary/aromatic N) is 1. The van der Waals surface area contributed by atoms with Crippen LogP contribution in [0.25, 0.3) is 0 Å². The molecule has 1 atom stereocenters. The summed E-state index contributed by atoms with van der Waals surface area (Å²) in [6, 6.07) is 5.69. The largest absolute Gasteiger partial charge is 0.488 e. The molecular weight excluding hydrogens is 454 g/mol. The molecule has 34 heavy (non-hydrogen) atoms. The summed E-state index contributed by atoms with van der Waals surface area (Å²) in [4.78, 5) is 43.0. The Morgan fingerprint density at radius 2 is 1.76 bits per heavy atom. The van der Waals surface area contributed by atoms with Crippen LogP contribution in [0.3, 0.4) is 0 Å². The Bertz CT molecular complexity index is 1060. The van der Waals surface area contributed by atoms with Gasteiger partial charge < -0.3 is 25.3 Å². The van der Waals surface area contributed by atoms with Gasteiger partial charge in [-0.25, -0.2) is 14.3 Å². The molecule has 0 radical (unpaired) electrons. The molecule has 0 fully saturated rings. The number of rotatable bonds is 10. The molecule has 3 amide bonds. The number of benzene rings is 2. The van der Waals surface area contributed by atoms with Crippen molar-refractivity contribution >= 4 is 43.2 Å². The van der Waals surface area contributed by atoms with Crippen molar-refractivity contribution in [2.45, 2.75) is 13.0 Å². The first-order valence-electron chi connectivity index (χ1n) is 10.0. The zero-order valence-electron chi connectivity index (χ0n) is 18.4. The third-order valence-corrected chi connectivity index (χ3v) is 4.86. The van der Waals surface area contributed by atoms with Crippen LogP contribution in [-0.2, 0) is 9.63 Å². The van der Waals surface area contributed by atoms with Crippen LogP contribution in [0, 0.1) is 11.6 Å². The summed E-state index contributed by atoms with van der Waals surface area (Å²) >= 11 is 0. The number of carbonyl (C=O) groups excluding carboxylic acids is 3. The Kier molecular flexibility index (Phi) is 9.69. The third kappa shape index (κ3) is 6.84. The topological polar surface area (TPSA) is 148 Å². The molecule has 2 rings (SSSR count). The molecule has 180 valence electrons. The van der Waals surface area contributed by atoms with Gasteiger partial charge >= 0.3 is 14.6 Å². The van der Waals surface area contributed by atoms with Crippen molar-refractivity contribution in [2.75, 3.05) is 20.2 Å². The first-order valence-corrected chi connectivity index (χ1v) is 10.0. The molecule has 1 unspecified atom stereocenters. The molecule has 2 aromatic rings. The fourth-order valence-corrected chi connectivity index (χ4v) is 3.04. The van der Waals surface area contributed by atoms with Gasteiger partial charge in [0, 0.05) is 12.6 Å². The fraction of sp³-hybridized carbons (Fsp3) is 0.250. The van der Waals surface area contributed by atoms with Crippen LogP contribution in [0.2, 0.25) is 0 Å². The Morgan fingerprint density at radius 1 is 1.12 bits per heavy atom. The zero-order valence-corrected chi connectivity index (χ0v) is 18.4. The second-order valence-electron chi connectivity index (χ2n) is 7.31. The Labute approximate surface area is 194 Å². The van der Waals surface area contributed by atoms with Crippen LogP contribution in [0.1, 0.15) is 27.6 Å². The van der Waals surface area contributed by atoms with Gasteiger partial charge in [-0.2, -0.15) is 0 Å². The quantitative estimate of drug-likeness (QED) is 0.189. The van der Waals surface area contributed by atoms with E-state index in [1.54, 1.807) is 0 Å². The summed E-state index contributed by atoms with van der Waals surface area (Å²) in [7, 11) is -1.14. The van der Waals surface area contributed by atoms with Crippen molar-refractivity contribution in [3.05, 3.63) is 59.2 Å². The first kappa shape index (κ1) is 26.9. The van der Waals surface area contributed by atoms with Gasteiger partial charge in [0.15, 0.2) is 0 Å².